The standard InChI is InChI=1S/C15H18F2N2O/c1-10(2)19-5-4-14(18-19)9-15(3,20)11-6-12(16)8-13(17)7-11/h4-8,10,20H,9H2,1-3H3. The van der Waals surface area contributed by atoms with Gasteiger partial charge >= 0.3 is 0 Å². The number of rotatable bonds is 4. The van der Waals surface area contributed by atoms with Crippen molar-refractivity contribution in [2.45, 2.75) is 38.8 Å². The van der Waals surface area contributed by atoms with Gasteiger partial charge in [-0.3, -0.25) is 4.68 Å². The van der Waals surface area contributed by atoms with E-state index in [1.165, 1.54) is 6.92 Å². The summed E-state index contributed by atoms with van der Waals surface area (Å²) < 4.78 is 28.2. The molecule has 2 aromatic rings. The third-order valence-corrected chi connectivity index (χ3v) is 3.20. The van der Waals surface area contributed by atoms with Crippen LogP contribution in [0.25, 0.3) is 0 Å². The summed E-state index contributed by atoms with van der Waals surface area (Å²) in [6.07, 6.45) is 2.01. The fourth-order valence-electron chi connectivity index (χ4n) is 2.08. The van der Waals surface area contributed by atoms with Crippen LogP contribution in [0.1, 0.15) is 38.1 Å². The molecule has 1 aromatic heterocycles. The first-order chi connectivity index (χ1) is 9.28. The van der Waals surface area contributed by atoms with Crippen molar-refractivity contribution in [2.75, 3.05) is 0 Å². The highest BCUT2D eigenvalue weighted by Gasteiger charge is 2.26. The summed E-state index contributed by atoms with van der Waals surface area (Å²) >= 11 is 0. The molecule has 1 unspecified atom stereocenters. The highest BCUT2D eigenvalue weighted by atomic mass is 19.1. The maximum atomic E-state index is 13.2. The largest absolute Gasteiger partial charge is 0.385 e. The fraction of sp³-hybridized carbons (Fsp3) is 0.400. The van der Waals surface area contributed by atoms with E-state index in [1.54, 1.807) is 10.7 Å². The van der Waals surface area contributed by atoms with Gasteiger partial charge in [-0.25, -0.2) is 8.78 Å². The Hall–Kier alpha value is -1.75. The molecule has 0 amide bonds. The van der Waals surface area contributed by atoms with Crippen LogP contribution in [0.4, 0.5) is 8.78 Å². The van der Waals surface area contributed by atoms with E-state index >= 15 is 0 Å². The maximum absolute atomic E-state index is 13.2. The van der Waals surface area contributed by atoms with Crippen LogP contribution in [0.15, 0.2) is 30.5 Å². The van der Waals surface area contributed by atoms with Crippen molar-refractivity contribution in [2.24, 2.45) is 0 Å². The molecule has 0 spiro atoms. The zero-order valence-corrected chi connectivity index (χ0v) is 11.8. The van der Waals surface area contributed by atoms with Gasteiger partial charge in [-0.2, -0.15) is 5.10 Å². The van der Waals surface area contributed by atoms with E-state index in [0.29, 0.717) is 5.69 Å². The average molecular weight is 280 g/mol. The van der Waals surface area contributed by atoms with Crippen molar-refractivity contribution >= 4 is 0 Å². The number of nitrogens with zero attached hydrogens (tertiary/aromatic N) is 2. The Morgan fingerprint density at radius 1 is 1.25 bits per heavy atom. The minimum Gasteiger partial charge on any atom is -0.385 e. The lowest BCUT2D eigenvalue weighted by molar-refractivity contribution is 0.0557. The second-order valence-electron chi connectivity index (χ2n) is 5.49. The lowest BCUT2D eigenvalue weighted by Crippen LogP contribution is -2.25. The lowest BCUT2D eigenvalue weighted by atomic mass is 9.91. The normalized spacial score (nSPS) is 14.6. The van der Waals surface area contributed by atoms with Gasteiger partial charge in [0.1, 0.15) is 11.6 Å². The zero-order valence-electron chi connectivity index (χ0n) is 11.8. The van der Waals surface area contributed by atoms with Crippen molar-refractivity contribution in [1.29, 1.82) is 0 Å². The molecule has 20 heavy (non-hydrogen) atoms. The summed E-state index contributed by atoms with van der Waals surface area (Å²) in [5.41, 5.74) is -0.499. The topological polar surface area (TPSA) is 38.0 Å². The average Bonchev–Trinajstić information content (AvgIpc) is 2.75. The summed E-state index contributed by atoms with van der Waals surface area (Å²) in [6, 6.07) is 5.09. The number of benzene rings is 1. The van der Waals surface area contributed by atoms with Gasteiger partial charge in [0, 0.05) is 24.7 Å². The van der Waals surface area contributed by atoms with E-state index < -0.39 is 17.2 Å². The van der Waals surface area contributed by atoms with Crippen molar-refractivity contribution in [1.82, 2.24) is 9.78 Å². The summed E-state index contributed by atoms with van der Waals surface area (Å²) in [4.78, 5) is 0. The molecular formula is C15H18F2N2O. The van der Waals surface area contributed by atoms with Gasteiger partial charge in [0.25, 0.3) is 0 Å². The molecule has 2 rings (SSSR count). The van der Waals surface area contributed by atoms with E-state index in [4.69, 9.17) is 0 Å². The van der Waals surface area contributed by atoms with Crippen LogP contribution < -0.4 is 0 Å². The third-order valence-electron chi connectivity index (χ3n) is 3.20. The molecule has 0 bridgehead atoms. The van der Waals surface area contributed by atoms with Gasteiger partial charge in [0.2, 0.25) is 0 Å². The van der Waals surface area contributed by atoms with Crippen molar-refractivity contribution < 1.29 is 13.9 Å². The second-order valence-corrected chi connectivity index (χ2v) is 5.49. The number of aromatic nitrogens is 2. The number of hydrogen-bond acceptors (Lipinski definition) is 2. The summed E-state index contributed by atoms with van der Waals surface area (Å²) in [5, 5.41) is 14.8. The molecule has 1 aromatic carbocycles. The molecule has 1 heterocycles. The Morgan fingerprint density at radius 3 is 2.35 bits per heavy atom. The Bertz CT molecular complexity index is 585. The molecule has 0 aliphatic heterocycles. The molecule has 1 N–H and O–H groups in total. The van der Waals surface area contributed by atoms with E-state index in [2.05, 4.69) is 5.10 Å². The van der Waals surface area contributed by atoms with Gasteiger partial charge in [0.15, 0.2) is 0 Å². The number of hydrogen-bond donors (Lipinski definition) is 1. The van der Waals surface area contributed by atoms with Crippen molar-refractivity contribution in [3.63, 3.8) is 0 Å². The van der Waals surface area contributed by atoms with Crippen LogP contribution >= 0.6 is 0 Å². The Balaban J connectivity index is 2.25. The van der Waals surface area contributed by atoms with Crippen LogP contribution in [0.2, 0.25) is 0 Å². The lowest BCUT2D eigenvalue weighted by Gasteiger charge is -2.23. The van der Waals surface area contributed by atoms with Crippen molar-refractivity contribution in [3.05, 3.63) is 53.4 Å². The first-order valence-electron chi connectivity index (χ1n) is 6.51. The van der Waals surface area contributed by atoms with E-state index in [9.17, 15) is 13.9 Å². The molecule has 0 fully saturated rings. The van der Waals surface area contributed by atoms with Gasteiger partial charge in [-0.15, -0.1) is 0 Å². The van der Waals surface area contributed by atoms with E-state index in [-0.39, 0.29) is 18.0 Å². The Kier molecular flexibility index (Phi) is 3.90. The molecular weight excluding hydrogens is 262 g/mol. The smallest absolute Gasteiger partial charge is 0.126 e. The molecule has 0 saturated carbocycles. The predicted octanol–water partition coefficient (Wildman–Crippen LogP) is 3.19. The molecule has 3 nitrogen and oxygen atoms in total. The SMILES string of the molecule is CC(C)n1ccc(CC(C)(O)c2cc(F)cc(F)c2)n1. The number of halogens is 2. The first kappa shape index (κ1) is 14.7. The molecule has 0 radical (unpaired) electrons. The molecule has 0 saturated heterocycles. The van der Waals surface area contributed by atoms with Gasteiger partial charge < -0.3 is 5.11 Å². The van der Waals surface area contributed by atoms with Crippen LogP contribution in [0.5, 0.6) is 0 Å². The monoisotopic (exact) mass is 280 g/mol. The minimum absolute atomic E-state index is 0.190. The first-order valence-corrected chi connectivity index (χ1v) is 6.51. The highest BCUT2D eigenvalue weighted by molar-refractivity contribution is 5.25. The summed E-state index contributed by atoms with van der Waals surface area (Å²) in [7, 11) is 0. The molecule has 108 valence electrons. The molecule has 1 atom stereocenters. The fourth-order valence-corrected chi connectivity index (χ4v) is 2.08. The van der Waals surface area contributed by atoms with Crippen LogP contribution in [-0.4, -0.2) is 14.9 Å². The van der Waals surface area contributed by atoms with Crippen molar-refractivity contribution in [3.8, 4) is 0 Å². The van der Waals surface area contributed by atoms with Crippen LogP contribution in [0.3, 0.4) is 0 Å². The Morgan fingerprint density at radius 2 is 1.85 bits per heavy atom. The third kappa shape index (κ3) is 3.22. The van der Waals surface area contributed by atoms with Gasteiger partial charge in [0.05, 0.1) is 11.3 Å². The quantitative estimate of drug-likeness (QED) is 0.934. The number of aliphatic hydroxyl groups is 1. The minimum atomic E-state index is -1.38. The summed E-state index contributed by atoms with van der Waals surface area (Å²) in [6.45, 7) is 5.52. The van der Waals surface area contributed by atoms with Gasteiger partial charge in [-0.1, -0.05) is 0 Å². The van der Waals surface area contributed by atoms with Crippen LogP contribution in [0, 0.1) is 11.6 Å². The highest BCUT2D eigenvalue weighted by Crippen LogP contribution is 2.26. The zero-order chi connectivity index (χ0) is 14.9. The molecule has 0 aliphatic rings. The molecule has 5 heteroatoms. The van der Waals surface area contributed by atoms with E-state index in [0.717, 1.165) is 18.2 Å². The second kappa shape index (κ2) is 5.32. The Labute approximate surface area is 116 Å². The maximum Gasteiger partial charge on any atom is 0.126 e. The molecule has 0 aliphatic carbocycles. The predicted molar refractivity (Wildman–Crippen MR) is 72.2 cm³/mol. The van der Waals surface area contributed by atoms with E-state index in [1.807, 2.05) is 20.0 Å². The summed E-state index contributed by atoms with van der Waals surface area (Å²) in [5.74, 6) is -1.40. The van der Waals surface area contributed by atoms with Crippen LogP contribution in [-0.2, 0) is 12.0 Å². The van der Waals surface area contributed by atoms with Gasteiger partial charge in [-0.05, 0) is 44.5 Å².